The molecule has 3 nitrogen and oxygen atoms in total. The van der Waals surface area contributed by atoms with Crippen LogP contribution in [0.2, 0.25) is 0 Å². The number of nitriles is 1. The molecule has 1 unspecified atom stereocenters. The molecule has 0 spiro atoms. The average Bonchev–Trinajstić information content (AvgIpc) is 2.27. The van der Waals surface area contributed by atoms with Crippen LogP contribution in [0, 0.1) is 11.3 Å². The Labute approximate surface area is 89.0 Å². The normalized spacial score (nSPS) is 13.9. The predicted octanol–water partition coefficient (Wildman–Crippen LogP) is 2.31. The second kappa shape index (κ2) is 4.14. The van der Waals surface area contributed by atoms with E-state index in [0.717, 1.165) is 0 Å². The fourth-order valence-electron chi connectivity index (χ4n) is 1.52. The Morgan fingerprint density at radius 2 is 2.13 bits per heavy atom. The van der Waals surface area contributed by atoms with Crippen LogP contribution in [0.15, 0.2) is 24.3 Å². The van der Waals surface area contributed by atoms with Gasteiger partial charge in [0.1, 0.15) is 0 Å². The van der Waals surface area contributed by atoms with Gasteiger partial charge in [-0.05, 0) is 25.0 Å². The summed E-state index contributed by atoms with van der Waals surface area (Å²) in [5.41, 5.74) is 0.0403. The molecule has 0 bridgehead atoms. The molecule has 3 heteroatoms. The van der Waals surface area contributed by atoms with Crippen molar-refractivity contribution < 1.29 is 9.90 Å². The van der Waals surface area contributed by atoms with Crippen molar-refractivity contribution in [3.8, 4) is 6.07 Å². The van der Waals surface area contributed by atoms with Gasteiger partial charge in [-0.2, -0.15) is 5.26 Å². The summed E-state index contributed by atoms with van der Waals surface area (Å²) < 4.78 is 0. The van der Waals surface area contributed by atoms with Crippen molar-refractivity contribution in [2.75, 3.05) is 0 Å². The lowest BCUT2D eigenvalue weighted by atomic mass is 9.78. The maximum atomic E-state index is 11.2. The van der Waals surface area contributed by atoms with Gasteiger partial charge >= 0.3 is 5.97 Å². The van der Waals surface area contributed by atoms with Crippen LogP contribution in [-0.2, 0) is 10.2 Å². The molecule has 0 heterocycles. The zero-order valence-corrected chi connectivity index (χ0v) is 8.82. The lowest BCUT2D eigenvalue weighted by molar-refractivity contribution is -0.143. The number of carboxylic acids is 1. The highest BCUT2D eigenvalue weighted by Gasteiger charge is 2.34. The van der Waals surface area contributed by atoms with Gasteiger partial charge in [0.15, 0.2) is 0 Å². The average molecular weight is 203 g/mol. The Morgan fingerprint density at radius 3 is 2.60 bits per heavy atom. The molecule has 0 saturated carbocycles. The molecular weight excluding hydrogens is 190 g/mol. The lowest BCUT2D eigenvalue weighted by Gasteiger charge is -2.24. The highest BCUT2D eigenvalue weighted by Crippen LogP contribution is 2.30. The Kier molecular flexibility index (Phi) is 3.11. The van der Waals surface area contributed by atoms with Gasteiger partial charge in [-0.1, -0.05) is 25.1 Å². The Bertz CT molecular complexity index is 420. The van der Waals surface area contributed by atoms with Crippen LogP contribution in [0.3, 0.4) is 0 Å². The van der Waals surface area contributed by atoms with Crippen molar-refractivity contribution in [2.45, 2.75) is 25.7 Å². The van der Waals surface area contributed by atoms with Crippen LogP contribution in [0.4, 0.5) is 0 Å². The van der Waals surface area contributed by atoms with E-state index in [4.69, 9.17) is 5.26 Å². The highest BCUT2D eigenvalue weighted by atomic mass is 16.4. The predicted molar refractivity (Wildman–Crippen MR) is 56.4 cm³/mol. The lowest BCUT2D eigenvalue weighted by Crippen LogP contribution is -2.32. The number of carboxylic acid groups (broad SMARTS) is 1. The number of aliphatic carboxylic acids is 1. The molecule has 0 fully saturated rings. The summed E-state index contributed by atoms with van der Waals surface area (Å²) in [6, 6.07) is 8.87. The van der Waals surface area contributed by atoms with Crippen molar-refractivity contribution in [1.29, 1.82) is 5.26 Å². The van der Waals surface area contributed by atoms with Crippen LogP contribution in [-0.4, -0.2) is 11.1 Å². The minimum absolute atomic E-state index is 0.434. The Morgan fingerprint density at radius 1 is 1.53 bits per heavy atom. The van der Waals surface area contributed by atoms with Crippen molar-refractivity contribution in [2.24, 2.45) is 0 Å². The first kappa shape index (κ1) is 11.3. The third-order valence-electron chi connectivity index (χ3n) is 2.82. The molecule has 78 valence electrons. The van der Waals surface area contributed by atoms with E-state index in [9.17, 15) is 9.90 Å². The monoisotopic (exact) mass is 203 g/mol. The van der Waals surface area contributed by atoms with E-state index in [1.54, 1.807) is 31.2 Å². The maximum Gasteiger partial charge on any atom is 0.313 e. The zero-order chi connectivity index (χ0) is 11.5. The standard InChI is InChI=1S/C12H13NO2/c1-3-12(2,11(14)15)10-7-5-4-6-9(10)8-13/h4-7H,3H2,1-2H3,(H,14,15). The molecule has 0 amide bonds. The van der Waals surface area contributed by atoms with Crippen LogP contribution in [0.1, 0.15) is 31.4 Å². The molecule has 0 radical (unpaired) electrons. The van der Waals surface area contributed by atoms with Gasteiger partial charge in [0, 0.05) is 0 Å². The van der Waals surface area contributed by atoms with Crippen molar-refractivity contribution in [3.05, 3.63) is 35.4 Å². The second-order valence-corrected chi connectivity index (χ2v) is 3.65. The van der Waals surface area contributed by atoms with Crippen molar-refractivity contribution >= 4 is 5.97 Å². The Balaban J connectivity index is 3.37. The topological polar surface area (TPSA) is 61.1 Å². The SMILES string of the molecule is CCC(C)(C(=O)O)c1ccccc1C#N. The number of nitrogens with zero attached hydrogens (tertiary/aromatic N) is 1. The molecule has 0 aliphatic rings. The highest BCUT2D eigenvalue weighted by molar-refractivity contribution is 5.81. The molecule has 0 aliphatic heterocycles. The van der Waals surface area contributed by atoms with Gasteiger partial charge in [0.25, 0.3) is 0 Å². The van der Waals surface area contributed by atoms with Crippen molar-refractivity contribution in [3.63, 3.8) is 0 Å². The van der Waals surface area contributed by atoms with Crippen molar-refractivity contribution in [1.82, 2.24) is 0 Å². The van der Waals surface area contributed by atoms with Gasteiger partial charge < -0.3 is 5.11 Å². The molecule has 1 N–H and O–H groups in total. The second-order valence-electron chi connectivity index (χ2n) is 3.65. The molecule has 0 saturated heterocycles. The summed E-state index contributed by atoms with van der Waals surface area (Å²) in [5.74, 6) is -0.896. The summed E-state index contributed by atoms with van der Waals surface area (Å²) in [6.07, 6.45) is 0.459. The maximum absolute atomic E-state index is 11.2. The summed E-state index contributed by atoms with van der Waals surface area (Å²) in [7, 11) is 0. The summed E-state index contributed by atoms with van der Waals surface area (Å²) in [6.45, 7) is 3.45. The molecule has 1 aromatic rings. The van der Waals surface area contributed by atoms with Gasteiger partial charge in [0.2, 0.25) is 0 Å². The molecule has 0 aromatic heterocycles. The number of hydrogen-bond acceptors (Lipinski definition) is 2. The van der Waals surface area contributed by atoms with E-state index >= 15 is 0 Å². The van der Waals surface area contributed by atoms with Gasteiger partial charge in [0.05, 0.1) is 17.0 Å². The number of benzene rings is 1. The van der Waals surface area contributed by atoms with Gasteiger partial charge in [-0.25, -0.2) is 0 Å². The Hall–Kier alpha value is -1.82. The third kappa shape index (κ3) is 1.84. The molecular formula is C12H13NO2. The zero-order valence-electron chi connectivity index (χ0n) is 8.82. The quantitative estimate of drug-likeness (QED) is 0.819. The van der Waals surface area contributed by atoms with Gasteiger partial charge in [-0.3, -0.25) is 4.79 Å². The summed E-state index contributed by atoms with van der Waals surface area (Å²) >= 11 is 0. The van der Waals surface area contributed by atoms with Crippen LogP contribution in [0.25, 0.3) is 0 Å². The first-order chi connectivity index (χ1) is 7.06. The first-order valence-electron chi connectivity index (χ1n) is 4.79. The number of hydrogen-bond donors (Lipinski definition) is 1. The summed E-state index contributed by atoms with van der Waals surface area (Å²) in [5, 5.41) is 18.1. The van der Waals surface area contributed by atoms with Crippen LogP contribution in [0.5, 0.6) is 0 Å². The number of rotatable bonds is 3. The smallest absolute Gasteiger partial charge is 0.313 e. The van der Waals surface area contributed by atoms with E-state index in [-0.39, 0.29) is 0 Å². The largest absolute Gasteiger partial charge is 0.481 e. The van der Waals surface area contributed by atoms with Crippen LogP contribution >= 0.6 is 0 Å². The van der Waals surface area contributed by atoms with Gasteiger partial charge in [-0.15, -0.1) is 0 Å². The minimum atomic E-state index is -0.980. The van der Waals surface area contributed by atoms with E-state index in [2.05, 4.69) is 0 Å². The first-order valence-corrected chi connectivity index (χ1v) is 4.79. The third-order valence-corrected chi connectivity index (χ3v) is 2.82. The fourth-order valence-corrected chi connectivity index (χ4v) is 1.52. The molecule has 0 aliphatic carbocycles. The minimum Gasteiger partial charge on any atom is -0.481 e. The van der Waals surface area contributed by atoms with E-state index < -0.39 is 11.4 Å². The molecule has 1 rings (SSSR count). The fraction of sp³-hybridized carbons (Fsp3) is 0.333. The van der Waals surface area contributed by atoms with Crippen LogP contribution < -0.4 is 0 Å². The number of carbonyl (C=O) groups is 1. The van der Waals surface area contributed by atoms with E-state index in [1.165, 1.54) is 0 Å². The van der Waals surface area contributed by atoms with E-state index in [0.29, 0.717) is 17.5 Å². The molecule has 1 atom stereocenters. The molecule has 1 aromatic carbocycles. The summed E-state index contributed by atoms with van der Waals surface area (Å²) in [4.78, 5) is 11.2. The molecule has 15 heavy (non-hydrogen) atoms. The van der Waals surface area contributed by atoms with E-state index in [1.807, 2.05) is 13.0 Å².